The van der Waals surface area contributed by atoms with Crippen LogP contribution < -0.4 is 15.4 Å². The SMILES string of the molecule is CC(C)c1cnc2c(NCc3ccccc3OC(F)F)cc(SC3CCNCC3)nn12.Cl. The van der Waals surface area contributed by atoms with E-state index >= 15 is 0 Å². The molecule has 174 valence electrons. The second kappa shape index (κ2) is 11.2. The van der Waals surface area contributed by atoms with E-state index in [9.17, 15) is 8.78 Å². The number of alkyl halides is 2. The first-order chi connectivity index (χ1) is 15.0. The molecule has 6 nitrogen and oxygen atoms in total. The van der Waals surface area contributed by atoms with E-state index in [2.05, 4.69) is 34.2 Å². The zero-order valence-electron chi connectivity index (χ0n) is 18.1. The molecule has 0 saturated carbocycles. The molecule has 1 fully saturated rings. The number of nitrogens with one attached hydrogen (secondary N) is 2. The monoisotopic (exact) mass is 483 g/mol. The molecule has 1 aromatic carbocycles. The van der Waals surface area contributed by atoms with Crippen molar-refractivity contribution in [3.8, 4) is 5.75 Å². The highest BCUT2D eigenvalue weighted by atomic mass is 35.5. The highest BCUT2D eigenvalue weighted by Crippen LogP contribution is 2.32. The molecule has 0 bridgehead atoms. The van der Waals surface area contributed by atoms with Crippen molar-refractivity contribution in [2.45, 2.75) is 56.0 Å². The molecule has 1 aliphatic rings. The molecule has 1 saturated heterocycles. The number of hydrogen-bond acceptors (Lipinski definition) is 6. The van der Waals surface area contributed by atoms with Crippen molar-refractivity contribution in [1.82, 2.24) is 19.9 Å². The van der Waals surface area contributed by atoms with Crippen molar-refractivity contribution in [3.63, 3.8) is 0 Å². The van der Waals surface area contributed by atoms with Crippen molar-refractivity contribution in [2.24, 2.45) is 0 Å². The molecule has 0 amide bonds. The van der Waals surface area contributed by atoms with E-state index in [4.69, 9.17) is 5.10 Å². The van der Waals surface area contributed by atoms with Crippen LogP contribution in [-0.4, -0.2) is 39.5 Å². The minimum Gasteiger partial charge on any atom is -0.434 e. The summed E-state index contributed by atoms with van der Waals surface area (Å²) in [5.41, 5.74) is 3.24. The topological polar surface area (TPSA) is 63.5 Å². The summed E-state index contributed by atoms with van der Waals surface area (Å²) in [6.45, 7) is 3.75. The third kappa shape index (κ3) is 5.82. The van der Waals surface area contributed by atoms with E-state index in [1.807, 2.05) is 22.8 Å². The number of para-hydroxylation sites is 1. The fraction of sp³-hybridized carbons (Fsp3) is 0.455. The number of aromatic nitrogens is 3. The predicted octanol–water partition coefficient (Wildman–Crippen LogP) is 5.33. The van der Waals surface area contributed by atoms with Crippen LogP contribution in [0.1, 0.15) is 43.9 Å². The Bertz CT molecular complexity index is 1030. The third-order valence-electron chi connectivity index (χ3n) is 5.29. The first-order valence-corrected chi connectivity index (χ1v) is 11.4. The molecular weight excluding hydrogens is 456 g/mol. The molecule has 0 spiro atoms. The number of ether oxygens (including phenoxy) is 1. The van der Waals surface area contributed by atoms with Gasteiger partial charge >= 0.3 is 6.61 Å². The lowest BCUT2D eigenvalue weighted by molar-refractivity contribution is -0.0504. The number of benzene rings is 1. The van der Waals surface area contributed by atoms with Crippen LogP contribution in [0.5, 0.6) is 5.75 Å². The van der Waals surface area contributed by atoms with Crippen molar-refractivity contribution in [1.29, 1.82) is 0 Å². The number of imidazole rings is 1. The van der Waals surface area contributed by atoms with Gasteiger partial charge in [0, 0.05) is 17.4 Å². The summed E-state index contributed by atoms with van der Waals surface area (Å²) < 4.78 is 32.1. The molecule has 32 heavy (non-hydrogen) atoms. The minimum absolute atomic E-state index is 0. The van der Waals surface area contributed by atoms with Gasteiger partial charge in [0.1, 0.15) is 10.8 Å². The number of fused-ring (bicyclic) bond motifs is 1. The molecule has 0 unspecified atom stereocenters. The zero-order valence-corrected chi connectivity index (χ0v) is 19.7. The van der Waals surface area contributed by atoms with Gasteiger partial charge in [-0.1, -0.05) is 32.0 Å². The van der Waals surface area contributed by atoms with Gasteiger partial charge in [0.25, 0.3) is 0 Å². The second-order valence-electron chi connectivity index (χ2n) is 7.88. The van der Waals surface area contributed by atoms with Crippen LogP contribution in [0.15, 0.2) is 41.6 Å². The summed E-state index contributed by atoms with van der Waals surface area (Å²) >= 11 is 1.79. The Balaban J connectivity index is 0.00000289. The van der Waals surface area contributed by atoms with Crippen LogP contribution in [0, 0.1) is 0 Å². The van der Waals surface area contributed by atoms with E-state index < -0.39 is 6.61 Å². The van der Waals surface area contributed by atoms with Crippen LogP contribution in [0.3, 0.4) is 0 Å². The van der Waals surface area contributed by atoms with Crippen LogP contribution in [0.25, 0.3) is 5.65 Å². The average Bonchev–Trinajstić information content (AvgIpc) is 3.18. The van der Waals surface area contributed by atoms with Crippen LogP contribution >= 0.6 is 24.2 Å². The third-order valence-corrected chi connectivity index (χ3v) is 6.54. The molecule has 2 aromatic heterocycles. The van der Waals surface area contributed by atoms with Crippen LogP contribution in [-0.2, 0) is 6.54 Å². The lowest BCUT2D eigenvalue weighted by atomic mass is 10.1. The van der Waals surface area contributed by atoms with Crippen molar-refractivity contribution in [3.05, 3.63) is 47.8 Å². The summed E-state index contributed by atoms with van der Waals surface area (Å²) in [7, 11) is 0. The average molecular weight is 484 g/mol. The smallest absolute Gasteiger partial charge is 0.387 e. The number of anilines is 1. The highest BCUT2D eigenvalue weighted by molar-refractivity contribution is 7.99. The molecule has 3 aromatic rings. The highest BCUT2D eigenvalue weighted by Gasteiger charge is 2.19. The van der Waals surface area contributed by atoms with Gasteiger partial charge in [-0.05, 0) is 44.0 Å². The quantitative estimate of drug-likeness (QED) is 0.451. The maximum atomic E-state index is 12.8. The van der Waals surface area contributed by atoms with E-state index in [1.54, 1.807) is 30.0 Å². The van der Waals surface area contributed by atoms with E-state index in [0.717, 1.165) is 48.0 Å². The first kappa shape index (κ1) is 24.5. The fourth-order valence-electron chi connectivity index (χ4n) is 3.68. The summed E-state index contributed by atoms with van der Waals surface area (Å²) in [5, 5.41) is 13.1. The van der Waals surface area contributed by atoms with Crippen LogP contribution in [0.4, 0.5) is 14.5 Å². The number of nitrogens with zero attached hydrogens (tertiary/aromatic N) is 3. The lowest BCUT2D eigenvalue weighted by Crippen LogP contribution is -2.29. The van der Waals surface area contributed by atoms with Crippen LogP contribution in [0.2, 0.25) is 0 Å². The Morgan fingerprint density at radius 2 is 2.00 bits per heavy atom. The van der Waals surface area contributed by atoms with Gasteiger partial charge in [-0.15, -0.1) is 24.2 Å². The van der Waals surface area contributed by atoms with Gasteiger partial charge in [0.05, 0.1) is 17.6 Å². The zero-order chi connectivity index (χ0) is 21.8. The number of rotatable bonds is 8. The second-order valence-corrected chi connectivity index (χ2v) is 9.20. The Kier molecular flexibility index (Phi) is 8.56. The molecule has 0 radical (unpaired) electrons. The standard InChI is InChI=1S/C22H27F2N5OS.ClH/c1-14(2)18-13-27-21-17(26-12-15-5-3-4-6-19(15)30-22(23)24)11-20(28-29(18)21)31-16-7-9-25-10-8-16;/h3-6,11,13-14,16,22,25-26H,7-10,12H2,1-2H3;1H. The Labute approximate surface area is 196 Å². The molecule has 0 atom stereocenters. The van der Waals surface area contributed by atoms with Gasteiger partial charge in [0.2, 0.25) is 0 Å². The van der Waals surface area contributed by atoms with Gasteiger partial charge in [-0.2, -0.15) is 13.9 Å². The minimum atomic E-state index is -2.86. The summed E-state index contributed by atoms with van der Waals surface area (Å²) in [6, 6.07) is 8.83. The number of halogens is 3. The predicted molar refractivity (Wildman–Crippen MR) is 126 cm³/mol. The Morgan fingerprint density at radius 3 is 2.72 bits per heavy atom. The largest absolute Gasteiger partial charge is 0.434 e. The van der Waals surface area contributed by atoms with Crippen molar-refractivity contribution < 1.29 is 13.5 Å². The van der Waals surface area contributed by atoms with Gasteiger partial charge in [-0.25, -0.2) is 9.50 Å². The molecular formula is C22H28ClF2N5OS. The Hall–Kier alpha value is -2.10. The summed E-state index contributed by atoms with van der Waals surface area (Å²) in [4.78, 5) is 4.58. The Morgan fingerprint density at radius 1 is 1.25 bits per heavy atom. The molecule has 10 heteroatoms. The fourth-order valence-corrected chi connectivity index (χ4v) is 4.81. The van der Waals surface area contributed by atoms with E-state index in [0.29, 0.717) is 17.4 Å². The lowest BCUT2D eigenvalue weighted by Gasteiger charge is -2.22. The van der Waals surface area contributed by atoms with Gasteiger partial charge < -0.3 is 15.4 Å². The first-order valence-electron chi connectivity index (χ1n) is 10.5. The maximum absolute atomic E-state index is 12.8. The van der Waals surface area contributed by atoms with Gasteiger partial charge in [-0.3, -0.25) is 0 Å². The number of thioether (sulfide) groups is 1. The molecule has 2 N–H and O–H groups in total. The van der Waals surface area contributed by atoms with E-state index in [-0.39, 0.29) is 24.1 Å². The maximum Gasteiger partial charge on any atom is 0.387 e. The number of piperidine rings is 1. The molecule has 4 rings (SSSR count). The molecule has 0 aliphatic carbocycles. The van der Waals surface area contributed by atoms with Crippen molar-refractivity contribution in [2.75, 3.05) is 18.4 Å². The van der Waals surface area contributed by atoms with E-state index in [1.165, 1.54) is 0 Å². The van der Waals surface area contributed by atoms with Gasteiger partial charge in [0.15, 0.2) is 5.65 Å². The molecule has 1 aliphatic heterocycles. The van der Waals surface area contributed by atoms with Crippen molar-refractivity contribution >= 4 is 35.5 Å². The number of hydrogen-bond donors (Lipinski definition) is 2. The molecule has 3 heterocycles. The summed E-state index contributed by atoms with van der Waals surface area (Å²) in [5.74, 6) is 0.445. The summed E-state index contributed by atoms with van der Waals surface area (Å²) in [6.07, 6.45) is 4.06. The normalized spacial score (nSPS) is 14.7.